The van der Waals surface area contributed by atoms with Crippen LogP contribution >= 0.6 is 0 Å². The number of aldehydes is 1. The highest BCUT2D eigenvalue weighted by molar-refractivity contribution is 5.65. The summed E-state index contributed by atoms with van der Waals surface area (Å²) in [6.45, 7) is -1.37. The number of alkyl halides is 2. The Morgan fingerprint density at radius 1 is 1.58 bits per heavy atom. The van der Waals surface area contributed by atoms with Crippen molar-refractivity contribution in [3.05, 3.63) is 23.8 Å². The third kappa shape index (κ3) is 1.60. The van der Waals surface area contributed by atoms with Gasteiger partial charge in [0.15, 0.2) is 0 Å². The fraction of sp³-hybridized carbons (Fsp3) is 0.444. The maximum atomic E-state index is 12.4. The number of rotatable bonds is 3. The lowest BCUT2D eigenvalue weighted by atomic mass is 9.81. The van der Waals surface area contributed by atoms with E-state index < -0.39 is 18.8 Å². The van der Waals surface area contributed by atoms with Crippen LogP contribution in [0.25, 0.3) is 0 Å². The van der Waals surface area contributed by atoms with Crippen LogP contribution in [0.1, 0.15) is 6.42 Å². The van der Waals surface area contributed by atoms with Crippen molar-refractivity contribution >= 4 is 6.29 Å². The van der Waals surface area contributed by atoms with E-state index in [4.69, 9.17) is 0 Å². The van der Waals surface area contributed by atoms with Gasteiger partial charge in [-0.25, -0.2) is 8.78 Å². The number of hydrogen-bond donors (Lipinski definition) is 0. The molecule has 1 aliphatic rings. The Morgan fingerprint density at radius 3 is 2.83 bits per heavy atom. The zero-order chi connectivity index (χ0) is 9.03. The minimum Gasteiger partial charge on any atom is -0.302 e. The minimum absolute atomic E-state index is 0.167. The van der Waals surface area contributed by atoms with Gasteiger partial charge in [0.25, 0.3) is 0 Å². The summed E-state index contributed by atoms with van der Waals surface area (Å²) < 4.78 is 24.6. The first-order valence-corrected chi connectivity index (χ1v) is 3.72. The van der Waals surface area contributed by atoms with E-state index in [0.29, 0.717) is 11.9 Å². The molecule has 0 radical (unpaired) electrons. The molecule has 0 spiro atoms. The summed E-state index contributed by atoms with van der Waals surface area (Å²) in [5.74, 6) is 0. The van der Waals surface area contributed by atoms with E-state index in [1.165, 1.54) is 12.2 Å². The monoisotopic (exact) mass is 172 g/mol. The van der Waals surface area contributed by atoms with Crippen LogP contribution in [0.3, 0.4) is 0 Å². The topological polar surface area (TPSA) is 17.1 Å². The van der Waals surface area contributed by atoms with Crippen LogP contribution in [0.15, 0.2) is 23.8 Å². The molecule has 1 nitrogen and oxygen atoms in total. The van der Waals surface area contributed by atoms with Gasteiger partial charge in [-0.05, 0) is 12.0 Å². The minimum atomic E-state index is -1.10. The molecule has 0 aromatic carbocycles. The third-order valence-electron chi connectivity index (χ3n) is 1.97. The predicted molar refractivity (Wildman–Crippen MR) is 42.3 cm³/mol. The van der Waals surface area contributed by atoms with Crippen molar-refractivity contribution in [2.45, 2.75) is 6.42 Å². The lowest BCUT2D eigenvalue weighted by molar-refractivity contribution is -0.114. The molecule has 0 bridgehead atoms. The second-order valence-electron chi connectivity index (χ2n) is 2.98. The SMILES string of the molecule is O=CC1(CF)C=CC=C(CF)C1. The van der Waals surface area contributed by atoms with Crippen molar-refractivity contribution < 1.29 is 13.6 Å². The van der Waals surface area contributed by atoms with Gasteiger partial charge < -0.3 is 4.79 Å². The van der Waals surface area contributed by atoms with Gasteiger partial charge >= 0.3 is 0 Å². The maximum absolute atomic E-state index is 12.4. The molecule has 0 N–H and O–H groups in total. The Hall–Kier alpha value is -0.990. The van der Waals surface area contributed by atoms with Crippen LogP contribution in [0, 0.1) is 5.41 Å². The highest BCUT2D eigenvalue weighted by atomic mass is 19.1. The van der Waals surface area contributed by atoms with Crippen molar-refractivity contribution in [3.8, 4) is 0 Å². The summed E-state index contributed by atoms with van der Waals surface area (Å²) in [5.41, 5.74) is -0.627. The summed E-state index contributed by atoms with van der Waals surface area (Å²) in [5, 5.41) is 0. The first-order valence-electron chi connectivity index (χ1n) is 3.72. The van der Waals surface area contributed by atoms with Crippen molar-refractivity contribution in [3.63, 3.8) is 0 Å². The highest BCUT2D eigenvalue weighted by Gasteiger charge is 2.29. The van der Waals surface area contributed by atoms with E-state index in [-0.39, 0.29) is 6.42 Å². The number of allylic oxidation sites excluding steroid dienone is 4. The molecule has 0 aromatic rings. The van der Waals surface area contributed by atoms with E-state index in [9.17, 15) is 13.6 Å². The fourth-order valence-corrected chi connectivity index (χ4v) is 1.21. The molecule has 1 aliphatic carbocycles. The van der Waals surface area contributed by atoms with Gasteiger partial charge in [0.1, 0.15) is 19.6 Å². The Bertz CT molecular complexity index is 233. The zero-order valence-electron chi connectivity index (χ0n) is 6.59. The third-order valence-corrected chi connectivity index (χ3v) is 1.97. The van der Waals surface area contributed by atoms with Crippen LogP contribution in [0.2, 0.25) is 0 Å². The average Bonchev–Trinajstić information content (AvgIpc) is 2.18. The van der Waals surface area contributed by atoms with Crippen molar-refractivity contribution in [2.24, 2.45) is 5.41 Å². The smallest absolute Gasteiger partial charge is 0.132 e. The molecule has 1 unspecified atom stereocenters. The molecule has 0 fully saturated rings. The number of halogens is 2. The average molecular weight is 172 g/mol. The fourth-order valence-electron chi connectivity index (χ4n) is 1.21. The lowest BCUT2D eigenvalue weighted by Gasteiger charge is -2.23. The van der Waals surface area contributed by atoms with Gasteiger partial charge in [-0.2, -0.15) is 0 Å². The molecule has 66 valence electrons. The summed E-state index contributed by atoms with van der Waals surface area (Å²) in [7, 11) is 0. The Balaban J connectivity index is 2.80. The predicted octanol–water partition coefficient (Wildman–Crippen LogP) is 2.00. The molecular weight excluding hydrogens is 162 g/mol. The van der Waals surface area contributed by atoms with Gasteiger partial charge in [-0.1, -0.05) is 18.2 Å². The largest absolute Gasteiger partial charge is 0.302 e. The molecule has 3 heteroatoms. The van der Waals surface area contributed by atoms with Gasteiger partial charge in [-0.15, -0.1) is 0 Å². The Morgan fingerprint density at radius 2 is 2.33 bits per heavy atom. The summed E-state index contributed by atoms with van der Waals surface area (Å²) in [6, 6.07) is 0. The highest BCUT2D eigenvalue weighted by Crippen LogP contribution is 2.30. The lowest BCUT2D eigenvalue weighted by Crippen LogP contribution is -2.25. The van der Waals surface area contributed by atoms with Crippen LogP contribution < -0.4 is 0 Å². The Kier molecular flexibility index (Phi) is 2.74. The van der Waals surface area contributed by atoms with Gasteiger partial charge in [-0.3, -0.25) is 0 Å². The second kappa shape index (κ2) is 3.61. The molecule has 0 amide bonds. The maximum Gasteiger partial charge on any atom is 0.132 e. The van der Waals surface area contributed by atoms with Crippen LogP contribution in [0.5, 0.6) is 0 Å². The zero-order valence-corrected chi connectivity index (χ0v) is 6.59. The summed E-state index contributed by atoms with van der Waals surface area (Å²) in [6.07, 6.45) is 5.31. The molecule has 1 rings (SSSR count). The van der Waals surface area contributed by atoms with Crippen molar-refractivity contribution in [2.75, 3.05) is 13.3 Å². The molecule has 0 heterocycles. The molecule has 0 aliphatic heterocycles. The van der Waals surface area contributed by atoms with E-state index in [0.717, 1.165) is 0 Å². The quantitative estimate of drug-likeness (QED) is 0.595. The van der Waals surface area contributed by atoms with Gasteiger partial charge in [0.05, 0.1) is 5.41 Å². The van der Waals surface area contributed by atoms with Crippen LogP contribution in [-0.2, 0) is 4.79 Å². The molecule has 1 atom stereocenters. The molecule has 0 aromatic heterocycles. The number of carbonyl (C=O) groups excluding carboxylic acids is 1. The van der Waals surface area contributed by atoms with Crippen LogP contribution in [-0.4, -0.2) is 19.6 Å². The number of carbonyl (C=O) groups is 1. The van der Waals surface area contributed by atoms with Crippen molar-refractivity contribution in [1.29, 1.82) is 0 Å². The van der Waals surface area contributed by atoms with E-state index in [1.54, 1.807) is 6.08 Å². The van der Waals surface area contributed by atoms with Crippen molar-refractivity contribution in [1.82, 2.24) is 0 Å². The van der Waals surface area contributed by atoms with Crippen LogP contribution in [0.4, 0.5) is 8.78 Å². The standard InChI is InChI=1S/C9H10F2O/c10-5-8-2-1-3-9(4-8,6-11)7-12/h1-3,7H,4-6H2. The molecular formula is C9H10F2O. The normalized spacial score (nSPS) is 28.3. The molecule has 12 heavy (non-hydrogen) atoms. The second-order valence-corrected chi connectivity index (χ2v) is 2.98. The Labute approximate surface area is 69.8 Å². The first-order chi connectivity index (χ1) is 5.76. The van der Waals surface area contributed by atoms with E-state index in [1.807, 2.05) is 0 Å². The van der Waals surface area contributed by atoms with E-state index in [2.05, 4.69) is 0 Å². The summed E-state index contributed by atoms with van der Waals surface area (Å²) >= 11 is 0. The van der Waals surface area contributed by atoms with Gasteiger partial charge in [0.2, 0.25) is 0 Å². The van der Waals surface area contributed by atoms with E-state index >= 15 is 0 Å². The molecule has 0 saturated heterocycles. The number of hydrogen-bond acceptors (Lipinski definition) is 1. The molecule has 0 saturated carbocycles. The first kappa shape index (κ1) is 9.10. The van der Waals surface area contributed by atoms with Gasteiger partial charge in [0, 0.05) is 0 Å². The summed E-state index contributed by atoms with van der Waals surface area (Å²) in [4.78, 5) is 10.5.